The molecule has 212 valence electrons. The van der Waals surface area contributed by atoms with E-state index in [4.69, 9.17) is 9.47 Å². The Labute approximate surface area is 241 Å². The highest BCUT2D eigenvalue weighted by molar-refractivity contribution is 7.99. The number of hydrogen-bond acceptors (Lipinski definition) is 6. The van der Waals surface area contributed by atoms with Crippen molar-refractivity contribution in [3.05, 3.63) is 76.3 Å². The Bertz CT molecular complexity index is 1510. The van der Waals surface area contributed by atoms with Crippen LogP contribution in [0.1, 0.15) is 65.5 Å². The number of carboxylic acids is 1. The molecule has 0 bridgehead atoms. The van der Waals surface area contributed by atoms with Gasteiger partial charge in [-0.05, 0) is 103 Å². The molecule has 1 N–H and O–H groups in total. The molecular weight excluding hydrogens is 544 g/mol. The Balaban J connectivity index is 1.36. The van der Waals surface area contributed by atoms with Gasteiger partial charge in [-0.3, -0.25) is 4.79 Å². The van der Waals surface area contributed by atoms with Crippen molar-refractivity contribution >= 4 is 27.6 Å². The first-order chi connectivity index (χ1) is 19.1. The van der Waals surface area contributed by atoms with E-state index in [-0.39, 0.29) is 24.2 Å². The van der Waals surface area contributed by atoms with Crippen molar-refractivity contribution in [1.29, 1.82) is 0 Å². The van der Waals surface area contributed by atoms with Gasteiger partial charge in [0.1, 0.15) is 27.4 Å². The lowest BCUT2D eigenvalue weighted by atomic mass is 9.82. The van der Waals surface area contributed by atoms with Crippen molar-refractivity contribution in [3.63, 3.8) is 0 Å². The molecule has 1 aliphatic heterocycles. The van der Waals surface area contributed by atoms with Crippen LogP contribution >= 0.6 is 11.8 Å². The minimum Gasteiger partial charge on any atom is -0.494 e. The van der Waals surface area contributed by atoms with Crippen molar-refractivity contribution < 1.29 is 27.8 Å². The predicted molar refractivity (Wildman–Crippen MR) is 160 cm³/mol. The first kappa shape index (κ1) is 28.6. The number of rotatable bonds is 10. The van der Waals surface area contributed by atoms with Gasteiger partial charge in [0.25, 0.3) is 0 Å². The molecule has 0 aromatic heterocycles. The first-order valence-corrected chi connectivity index (χ1v) is 16.8. The topological polar surface area (TPSA) is 89.9 Å². The van der Waals surface area contributed by atoms with E-state index in [2.05, 4.69) is 38.1 Å². The minimum atomic E-state index is -2.99. The molecule has 0 amide bonds. The molecule has 0 saturated heterocycles. The molecular formula is C32H36O6S2. The number of aryl methyl sites for hydroxylation is 2. The van der Waals surface area contributed by atoms with Crippen LogP contribution in [0.25, 0.3) is 11.1 Å². The lowest BCUT2D eigenvalue weighted by Gasteiger charge is -2.29. The fraction of sp³-hybridized carbons (Fsp3) is 0.406. The molecule has 6 nitrogen and oxygen atoms in total. The number of sulfone groups is 1. The normalized spacial score (nSPS) is 18.2. The number of carbonyl (C=O) groups is 1. The van der Waals surface area contributed by atoms with Gasteiger partial charge in [-0.25, -0.2) is 8.42 Å². The number of thioether (sulfide) groups is 1. The Morgan fingerprint density at radius 1 is 1.05 bits per heavy atom. The van der Waals surface area contributed by atoms with Crippen LogP contribution in [-0.4, -0.2) is 43.9 Å². The van der Waals surface area contributed by atoms with Gasteiger partial charge in [-0.1, -0.05) is 24.3 Å². The SMILES string of the molecule is Cc1cc(OCCCS(C)(=O)=O)cc(C)c1-c1cccc2c1CCC[C@H]2Oc1ccc2c(c1)SC[C@H]2CC(=O)O. The molecule has 0 unspecified atom stereocenters. The average molecular weight is 581 g/mol. The van der Waals surface area contributed by atoms with Crippen LogP contribution in [0, 0.1) is 13.8 Å². The summed E-state index contributed by atoms with van der Waals surface area (Å²) in [5.41, 5.74) is 8.34. The van der Waals surface area contributed by atoms with Gasteiger partial charge in [0.15, 0.2) is 0 Å². The number of hydrogen-bond donors (Lipinski definition) is 1. The quantitative estimate of drug-likeness (QED) is 0.261. The van der Waals surface area contributed by atoms with Crippen molar-refractivity contribution in [3.8, 4) is 22.6 Å². The standard InChI is InChI=1S/C32H36O6S2/c1-20-15-24(37-13-6-14-40(3,35)36)16-21(2)32(20)28-9-4-8-27-26(28)7-5-10-29(27)38-23-11-12-25-22(17-31(33)34)19-39-30(25)18-23/h4,8-9,11-12,15-16,18,22,29H,5-7,10,13-14,17,19H2,1-3H3,(H,33,34)/t22-,29-/m1/s1. The van der Waals surface area contributed by atoms with Crippen molar-refractivity contribution in [2.75, 3.05) is 24.4 Å². The Kier molecular flexibility index (Phi) is 8.47. The van der Waals surface area contributed by atoms with E-state index in [0.717, 1.165) is 58.1 Å². The zero-order chi connectivity index (χ0) is 28.4. The highest BCUT2D eigenvalue weighted by Crippen LogP contribution is 2.45. The number of ether oxygens (including phenoxy) is 2. The first-order valence-electron chi connectivity index (χ1n) is 13.8. The average Bonchev–Trinajstić information content (AvgIpc) is 3.27. The molecule has 3 aromatic rings. The van der Waals surface area contributed by atoms with Crippen molar-refractivity contribution in [2.45, 2.75) is 62.9 Å². The third kappa shape index (κ3) is 6.50. The predicted octanol–water partition coefficient (Wildman–Crippen LogP) is 6.90. The van der Waals surface area contributed by atoms with Gasteiger partial charge in [-0.2, -0.15) is 0 Å². The molecule has 2 aliphatic rings. The van der Waals surface area contributed by atoms with Gasteiger partial charge >= 0.3 is 5.97 Å². The number of carboxylic acid groups (broad SMARTS) is 1. The van der Waals surface area contributed by atoms with E-state index in [0.29, 0.717) is 13.0 Å². The summed E-state index contributed by atoms with van der Waals surface area (Å²) < 4.78 is 35.3. The molecule has 1 aliphatic carbocycles. The number of aliphatic carboxylic acids is 1. The van der Waals surface area contributed by atoms with Gasteiger partial charge in [0.05, 0.1) is 18.8 Å². The van der Waals surface area contributed by atoms with Crippen molar-refractivity contribution in [2.24, 2.45) is 0 Å². The summed E-state index contributed by atoms with van der Waals surface area (Å²) in [5, 5.41) is 9.23. The van der Waals surface area contributed by atoms with Gasteiger partial charge in [0, 0.05) is 22.8 Å². The third-order valence-electron chi connectivity index (χ3n) is 7.72. The molecule has 8 heteroatoms. The molecule has 3 aromatic carbocycles. The van der Waals surface area contributed by atoms with Gasteiger partial charge in [-0.15, -0.1) is 11.8 Å². The van der Waals surface area contributed by atoms with Crippen molar-refractivity contribution in [1.82, 2.24) is 0 Å². The molecule has 0 fully saturated rings. The second kappa shape index (κ2) is 11.9. The van der Waals surface area contributed by atoms with Crippen LogP contribution in [0.3, 0.4) is 0 Å². The monoisotopic (exact) mass is 580 g/mol. The molecule has 0 saturated carbocycles. The highest BCUT2D eigenvalue weighted by Gasteiger charge is 2.28. The summed E-state index contributed by atoms with van der Waals surface area (Å²) in [4.78, 5) is 12.3. The van der Waals surface area contributed by atoms with Crippen LogP contribution in [0.15, 0.2) is 53.4 Å². The maximum absolute atomic E-state index is 11.4. The zero-order valence-corrected chi connectivity index (χ0v) is 24.9. The molecule has 0 radical (unpaired) electrons. The molecule has 2 atom stereocenters. The molecule has 5 rings (SSSR count). The number of fused-ring (bicyclic) bond motifs is 2. The largest absolute Gasteiger partial charge is 0.494 e. The Hall–Kier alpha value is -2.97. The van der Waals surface area contributed by atoms with Crippen LogP contribution in [0.4, 0.5) is 0 Å². The minimum absolute atomic E-state index is 0.0407. The highest BCUT2D eigenvalue weighted by atomic mass is 32.2. The summed E-state index contributed by atoms with van der Waals surface area (Å²) >= 11 is 1.71. The summed E-state index contributed by atoms with van der Waals surface area (Å²) in [6, 6.07) is 16.7. The van der Waals surface area contributed by atoms with E-state index in [1.807, 2.05) is 24.3 Å². The van der Waals surface area contributed by atoms with Crippen LogP contribution in [0.5, 0.6) is 11.5 Å². The fourth-order valence-electron chi connectivity index (χ4n) is 5.98. The molecule has 40 heavy (non-hydrogen) atoms. The molecule has 0 spiro atoms. The smallest absolute Gasteiger partial charge is 0.303 e. The second-order valence-corrected chi connectivity index (χ2v) is 14.3. The molecule has 1 heterocycles. The van der Waals surface area contributed by atoms with Gasteiger partial charge in [0.2, 0.25) is 0 Å². The van der Waals surface area contributed by atoms with E-state index < -0.39 is 15.8 Å². The maximum Gasteiger partial charge on any atom is 0.303 e. The Morgan fingerprint density at radius 2 is 1.82 bits per heavy atom. The zero-order valence-electron chi connectivity index (χ0n) is 23.2. The van der Waals surface area contributed by atoms with Crippen LogP contribution in [0.2, 0.25) is 0 Å². The summed E-state index contributed by atoms with van der Waals surface area (Å²) in [6.45, 7) is 4.57. The van der Waals surface area contributed by atoms with Crippen LogP contribution in [-0.2, 0) is 21.1 Å². The lowest BCUT2D eigenvalue weighted by Crippen LogP contribution is -2.16. The fourth-order valence-corrected chi connectivity index (χ4v) is 7.90. The van der Waals surface area contributed by atoms with Crippen LogP contribution < -0.4 is 9.47 Å². The summed E-state index contributed by atoms with van der Waals surface area (Å²) in [5.74, 6) is 1.81. The Morgan fingerprint density at radius 3 is 2.55 bits per heavy atom. The lowest BCUT2D eigenvalue weighted by molar-refractivity contribution is -0.137. The van der Waals surface area contributed by atoms with E-state index in [1.165, 1.54) is 28.5 Å². The summed E-state index contributed by atoms with van der Waals surface area (Å²) in [7, 11) is -2.99. The second-order valence-electron chi connectivity index (χ2n) is 10.9. The van der Waals surface area contributed by atoms with E-state index >= 15 is 0 Å². The van der Waals surface area contributed by atoms with Gasteiger partial charge < -0.3 is 14.6 Å². The van der Waals surface area contributed by atoms with E-state index in [1.54, 1.807) is 11.8 Å². The maximum atomic E-state index is 11.4. The summed E-state index contributed by atoms with van der Waals surface area (Å²) in [6.07, 6.45) is 4.81. The number of benzene rings is 3. The van der Waals surface area contributed by atoms with E-state index in [9.17, 15) is 18.3 Å². The third-order valence-corrected chi connectivity index (χ3v) is 9.98.